The Labute approximate surface area is 178 Å². The number of halogens is 1. The molecule has 1 amide bonds. The first-order valence-corrected chi connectivity index (χ1v) is 10.8. The van der Waals surface area contributed by atoms with Crippen molar-refractivity contribution in [3.05, 3.63) is 64.6 Å². The number of nitrogens with one attached hydrogen (secondary N) is 1. The van der Waals surface area contributed by atoms with Crippen molar-refractivity contribution in [1.82, 2.24) is 20.1 Å². The molecular weight excluding hydrogens is 436 g/mol. The second kappa shape index (κ2) is 8.92. The van der Waals surface area contributed by atoms with Crippen LogP contribution in [0.15, 0.2) is 64.2 Å². The van der Waals surface area contributed by atoms with Gasteiger partial charge in [-0.3, -0.25) is 9.89 Å². The van der Waals surface area contributed by atoms with Crippen LogP contribution in [-0.2, 0) is 11.3 Å². The normalized spacial score (nSPS) is 11.4. The average molecular weight is 459 g/mol. The lowest BCUT2D eigenvalue weighted by atomic mass is 10.0. The van der Waals surface area contributed by atoms with Gasteiger partial charge in [-0.2, -0.15) is 0 Å². The summed E-state index contributed by atoms with van der Waals surface area (Å²) in [5.74, 6) is 1.05. The van der Waals surface area contributed by atoms with Gasteiger partial charge in [-0.25, -0.2) is 4.98 Å². The first-order chi connectivity index (χ1) is 13.3. The van der Waals surface area contributed by atoms with Crippen molar-refractivity contribution in [2.24, 2.45) is 0 Å². The van der Waals surface area contributed by atoms with Crippen LogP contribution < -0.4 is 0 Å². The largest absolute Gasteiger partial charge is 0.333 e. The summed E-state index contributed by atoms with van der Waals surface area (Å²) in [6.07, 6.45) is 0. The number of carbonyl (C=O) groups excluding carboxylic acids is 1. The predicted molar refractivity (Wildman–Crippen MR) is 117 cm³/mol. The van der Waals surface area contributed by atoms with E-state index in [0.29, 0.717) is 23.3 Å². The zero-order chi connectivity index (χ0) is 20.1. The van der Waals surface area contributed by atoms with Crippen LogP contribution in [-0.4, -0.2) is 37.3 Å². The maximum Gasteiger partial charge on any atom is 0.233 e. The summed E-state index contributed by atoms with van der Waals surface area (Å²) in [5.41, 5.74) is 1.80. The monoisotopic (exact) mass is 458 g/mol. The van der Waals surface area contributed by atoms with Gasteiger partial charge in [-0.05, 0) is 38.5 Å². The fraction of sp³-hybridized carbons (Fsp3) is 0.286. The third-order valence-electron chi connectivity index (χ3n) is 4.20. The smallest absolute Gasteiger partial charge is 0.233 e. The Hall–Kier alpha value is -2.12. The Morgan fingerprint density at radius 1 is 1.11 bits per heavy atom. The van der Waals surface area contributed by atoms with Crippen LogP contribution in [0.5, 0.6) is 0 Å². The molecule has 7 heteroatoms. The fourth-order valence-corrected chi connectivity index (χ4v) is 3.66. The van der Waals surface area contributed by atoms with Crippen LogP contribution in [0.1, 0.15) is 26.3 Å². The number of nitrogens with zero attached hydrogens (tertiary/aromatic N) is 3. The molecular formula is C21H23BrN4OS. The minimum absolute atomic E-state index is 0.0661. The van der Waals surface area contributed by atoms with Gasteiger partial charge in [0.1, 0.15) is 0 Å². The number of rotatable bonds is 6. The molecule has 0 radical (unpaired) electrons. The number of aromatic amines is 1. The van der Waals surface area contributed by atoms with Gasteiger partial charge in [-0.15, -0.1) is 5.10 Å². The number of H-pyrrole nitrogens is 1. The molecule has 2 aromatic carbocycles. The third-order valence-corrected chi connectivity index (χ3v) is 5.56. The first-order valence-electron chi connectivity index (χ1n) is 8.98. The highest BCUT2D eigenvalue weighted by Crippen LogP contribution is 2.23. The molecule has 0 aliphatic rings. The van der Waals surface area contributed by atoms with Crippen molar-refractivity contribution in [2.75, 3.05) is 5.75 Å². The van der Waals surface area contributed by atoms with Gasteiger partial charge in [0.15, 0.2) is 5.82 Å². The van der Waals surface area contributed by atoms with E-state index in [1.165, 1.54) is 11.8 Å². The quantitative estimate of drug-likeness (QED) is 0.518. The van der Waals surface area contributed by atoms with Gasteiger partial charge in [0.2, 0.25) is 11.1 Å². The molecule has 28 heavy (non-hydrogen) atoms. The third kappa shape index (κ3) is 5.45. The molecule has 1 aromatic heterocycles. The molecule has 0 fully saturated rings. The molecule has 3 aromatic rings. The summed E-state index contributed by atoms with van der Waals surface area (Å²) < 4.78 is 1.01. The van der Waals surface area contributed by atoms with E-state index in [9.17, 15) is 4.79 Å². The van der Waals surface area contributed by atoms with Crippen LogP contribution in [0.2, 0.25) is 0 Å². The lowest BCUT2D eigenvalue weighted by Crippen LogP contribution is -2.45. The molecule has 0 bridgehead atoms. The molecule has 0 unspecified atom stereocenters. The molecule has 0 aliphatic heterocycles. The number of amides is 1. The first kappa shape index (κ1) is 20.6. The van der Waals surface area contributed by atoms with Gasteiger partial charge in [0.25, 0.3) is 0 Å². The zero-order valence-corrected chi connectivity index (χ0v) is 18.5. The summed E-state index contributed by atoms with van der Waals surface area (Å²) >= 11 is 4.77. The van der Waals surface area contributed by atoms with Gasteiger partial charge in [-0.1, -0.05) is 70.2 Å². The van der Waals surface area contributed by atoms with Gasteiger partial charge < -0.3 is 4.90 Å². The second-order valence-electron chi connectivity index (χ2n) is 7.40. The second-order valence-corrected chi connectivity index (χ2v) is 9.26. The highest BCUT2D eigenvalue weighted by Gasteiger charge is 2.26. The zero-order valence-electron chi connectivity index (χ0n) is 16.1. The Morgan fingerprint density at radius 3 is 2.43 bits per heavy atom. The molecule has 0 atom stereocenters. The fourth-order valence-electron chi connectivity index (χ4n) is 2.72. The van der Waals surface area contributed by atoms with Crippen LogP contribution >= 0.6 is 27.7 Å². The Kier molecular flexibility index (Phi) is 6.57. The maximum absolute atomic E-state index is 12.9. The molecule has 0 saturated heterocycles. The number of aromatic nitrogens is 3. The topological polar surface area (TPSA) is 61.9 Å². The van der Waals surface area contributed by atoms with Crippen LogP contribution in [0, 0.1) is 0 Å². The average Bonchev–Trinajstić information content (AvgIpc) is 3.14. The van der Waals surface area contributed by atoms with E-state index in [0.717, 1.165) is 15.6 Å². The van der Waals surface area contributed by atoms with E-state index in [4.69, 9.17) is 0 Å². The molecule has 1 N–H and O–H groups in total. The lowest BCUT2D eigenvalue weighted by molar-refractivity contribution is -0.133. The van der Waals surface area contributed by atoms with Crippen molar-refractivity contribution in [3.63, 3.8) is 0 Å². The van der Waals surface area contributed by atoms with Crippen molar-refractivity contribution in [3.8, 4) is 11.4 Å². The van der Waals surface area contributed by atoms with E-state index >= 15 is 0 Å². The minimum Gasteiger partial charge on any atom is -0.333 e. The molecule has 0 aliphatic carbocycles. The van der Waals surface area contributed by atoms with Crippen LogP contribution in [0.3, 0.4) is 0 Å². The van der Waals surface area contributed by atoms with E-state index in [1.807, 2.05) is 59.5 Å². The summed E-state index contributed by atoms with van der Waals surface area (Å²) in [6, 6.07) is 17.9. The Morgan fingerprint density at radius 2 is 1.79 bits per heavy atom. The van der Waals surface area contributed by atoms with E-state index in [1.54, 1.807) is 0 Å². The maximum atomic E-state index is 12.9. The van der Waals surface area contributed by atoms with Gasteiger partial charge >= 0.3 is 0 Å². The SMILES string of the molecule is CC(C)(C)N(Cc1ccccc1)C(=O)CSc1n[nH]c(-c2ccc(Br)cc2)n1. The van der Waals surface area contributed by atoms with Crippen LogP contribution in [0.4, 0.5) is 0 Å². The number of carbonyl (C=O) groups is 1. The number of benzene rings is 2. The number of hydrogen-bond acceptors (Lipinski definition) is 4. The molecule has 5 nitrogen and oxygen atoms in total. The van der Waals surface area contributed by atoms with Crippen molar-refractivity contribution >= 4 is 33.6 Å². The predicted octanol–water partition coefficient (Wildman–Crippen LogP) is 5.15. The summed E-state index contributed by atoms with van der Waals surface area (Å²) in [5, 5.41) is 7.75. The van der Waals surface area contributed by atoms with Gasteiger partial charge in [0.05, 0.1) is 5.75 Å². The Bertz CT molecular complexity index is 920. The molecule has 0 saturated carbocycles. The summed E-state index contributed by atoms with van der Waals surface area (Å²) in [6.45, 7) is 6.74. The number of hydrogen-bond donors (Lipinski definition) is 1. The van der Waals surface area contributed by atoms with Crippen molar-refractivity contribution in [1.29, 1.82) is 0 Å². The van der Waals surface area contributed by atoms with Crippen LogP contribution in [0.25, 0.3) is 11.4 Å². The molecule has 1 heterocycles. The van der Waals surface area contributed by atoms with Crippen molar-refractivity contribution < 1.29 is 4.79 Å². The molecule has 3 rings (SSSR count). The highest BCUT2D eigenvalue weighted by molar-refractivity contribution is 9.10. The molecule has 146 valence electrons. The van der Waals surface area contributed by atoms with E-state index in [2.05, 4.69) is 51.9 Å². The summed E-state index contributed by atoms with van der Waals surface area (Å²) in [7, 11) is 0. The van der Waals surface area contributed by atoms with Crippen molar-refractivity contribution in [2.45, 2.75) is 38.0 Å². The standard InChI is InChI=1S/C21H23BrN4OS/c1-21(2,3)26(13-15-7-5-4-6-8-15)18(27)14-28-20-23-19(24-25-20)16-9-11-17(22)12-10-16/h4-12H,13-14H2,1-3H3,(H,23,24,25). The molecule has 0 spiro atoms. The van der Waals surface area contributed by atoms with E-state index in [-0.39, 0.29) is 11.4 Å². The van der Waals surface area contributed by atoms with E-state index < -0.39 is 0 Å². The minimum atomic E-state index is -0.269. The highest BCUT2D eigenvalue weighted by atomic mass is 79.9. The van der Waals surface area contributed by atoms with Gasteiger partial charge in [0, 0.05) is 22.1 Å². The Balaban J connectivity index is 1.65. The summed E-state index contributed by atoms with van der Waals surface area (Å²) in [4.78, 5) is 19.3. The lowest BCUT2D eigenvalue weighted by Gasteiger charge is -2.35. The number of thioether (sulfide) groups is 1.